The number of aromatic amines is 1. The minimum Gasteiger partial charge on any atom is -0.273 e. The molecule has 3 N–H and O–H groups in total. The molecule has 0 saturated heterocycles. The van der Waals surface area contributed by atoms with Gasteiger partial charge < -0.3 is 0 Å². The largest absolute Gasteiger partial charge is 0.290 e. The Bertz CT molecular complexity index is 1080. The van der Waals surface area contributed by atoms with Crippen LogP contribution in [0.3, 0.4) is 0 Å². The summed E-state index contributed by atoms with van der Waals surface area (Å²) in [6.45, 7) is 0. The number of fused-ring (bicyclic) bond motifs is 1. The molecular formula is C18H14F2N4O3. The summed E-state index contributed by atoms with van der Waals surface area (Å²) in [7, 11) is 0. The lowest BCUT2D eigenvalue weighted by Crippen LogP contribution is -2.42. The third kappa shape index (κ3) is 4.14. The Labute approximate surface area is 151 Å². The fraction of sp³-hybridized carbons (Fsp3) is 0.111. The Kier molecular flexibility index (Phi) is 5.20. The van der Waals surface area contributed by atoms with Crippen molar-refractivity contribution in [3.05, 3.63) is 75.7 Å². The molecule has 3 rings (SSSR count). The molecular weight excluding hydrogens is 358 g/mol. The first-order valence-electron chi connectivity index (χ1n) is 7.96. The molecule has 0 bridgehead atoms. The number of nitrogens with zero attached hydrogens (tertiary/aromatic N) is 1. The zero-order valence-electron chi connectivity index (χ0n) is 13.9. The third-order valence-electron chi connectivity index (χ3n) is 3.85. The van der Waals surface area contributed by atoms with Gasteiger partial charge in [-0.1, -0.05) is 24.3 Å². The van der Waals surface area contributed by atoms with Crippen molar-refractivity contribution in [1.82, 2.24) is 21.0 Å². The van der Waals surface area contributed by atoms with Crippen molar-refractivity contribution in [2.75, 3.05) is 0 Å². The highest BCUT2D eigenvalue weighted by Crippen LogP contribution is 2.12. The molecule has 2 aromatic carbocycles. The number of carbonyl (C=O) groups is 2. The number of hydrazine groups is 1. The van der Waals surface area contributed by atoms with Gasteiger partial charge in [0.15, 0.2) is 17.3 Å². The van der Waals surface area contributed by atoms with Gasteiger partial charge in [-0.3, -0.25) is 25.2 Å². The Morgan fingerprint density at radius 3 is 2.48 bits per heavy atom. The van der Waals surface area contributed by atoms with Crippen LogP contribution in [0.4, 0.5) is 8.78 Å². The normalized spacial score (nSPS) is 10.6. The summed E-state index contributed by atoms with van der Waals surface area (Å²) in [5, 5.41) is 6.58. The van der Waals surface area contributed by atoms with Crippen LogP contribution in [-0.4, -0.2) is 22.0 Å². The topological polar surface area (TPSA) is 104 Å². The summed E-state index contributed by atoms with van der Waals surface area (Å²) in [6, 6.07) is 9.79. The molecule has 0 unspecified atom stereocenters. The number of amides is 2. The standard InChI is InChI=1S/C18H14F2N4O3/c19-13-7-5-10(9-14(13)20)6-8-15(25)21-24-18(27)16-11-3-1-2-4-12(11)17(26)23-22-16/h1-5,7,9H,6,8H2,(H,21,25)(H,23,26)(H,24,27). The van der Waals surface area contributed by atoms with Gasteiger partial charge in [0.1, 0.15) is 0 Å². The second kappa shape index (κ2) is 7.73. The predicted molar refractivity (Wildman–Crippen MR) is 92.7 cm³/mol. The van der Waals surface area contributed by atoms with Crippen LogP contribution in [0.25, 0.3) is 10.8 Å². The molecule has 0 atom stereocenters. The molecule has 0 fully saturated rings. The lowest BCUT2D eigenvalue weighted by molar-refractivity contribution is -0.121. The average molecular weight is 372 g/mol. The molecule has 0 aliphatic rings. The molecule has 2 amide bonds. The van der Waals surface area contributed by atoms with E-state index in [1.54, 1.807) is 24.3 Å². The fourth-order valence-corrected chi connectivity index (χ4v) is 2.49. The van der Waals surface area contributed by atoms with Crippen LogP contribution in [0.1, 0.15) is 22.5 Å². The maximum absolute atomic E-state index is 13.1. The molecule has 138 valence electrons. The average Bonchev–Trinajstić information content (AvgIpc) is 2.67. The van der Waals surface area contributed by atoms with Crippen LogP contribution >= 0.6 is 0 Å². The van der Waals surface area contributed by atoms with Crippen LogP contribution in [0, 0.1) is 11.6 Å². The van der Waals surface area contributed by atoms with E-state index in [1.807, 2.05) is 0 Å². The van der Waals surface area contributed by atoms with E-state index in [4.69, 9.17) is 0 Å². The number of hydrogen-bond acceptors (Lipinski definition) is 4. The zero-order chi connectivity index (χ0) is 19.4. The van der Waals surface area contributed by atoms with E-state index in [2.05, 4.69) is 21.0 Å². The van der Waals surface area contributed by atoms with Crippen molar-refractivity contribution in [2.24, 2.45) is 0 Å². The number of rotatable bonds is 4. The molecule has 9 heteroatoms. The van der Waals surface area contributed by atoms with Crippen LogP contribution in [0.2, 0.25) is 0 Å². The maximum atomic E-state index is 13.1. The first-order chi connectivity index (χ1) is 13.0. The van der Waals surface area contributed by atoms with E-state index in [1.165, 1.54) is 6.07 Å². The Morgan fingerprint density at radius 2 is 1.74 bits per heavy atom. The molecule has 3 aromatic rings. The number of aryl methyl sites for hydroxylation is 1. The van der Waals surface area contributed by atoms with Gasteiger partial charge in [0.2, 0.25) is 5.91 Å². The summed E-state index contributed by atoms with van der Waals surface area (Å²) in [5.41, 5.74) is 4.39. The number of carbonyl (C=O) groups excluding carboxylic acids is 2. The Morgan fingerprint density at radius 1 is 1.00 bits per heavy atom. The lowest BCUT2D eigenvalue weighted by atomic mass is 10.1. The minimum absolute atomic E-state index is 0.0499. The third-order valence-corrected chi connectivity index (χ3v) is 3.85. The van der Waals surface area contributed by atoms with Gasteiger partial charge in [0, 0.05) is 11.8 Å². The Hall–Kier alpha value is -3.62. The molecule has 7 nitrogen and oxygen atoms in total. The molecule has 0 saturated carbocycles. The lowest BCUT2D eigenvalue weighted by Gasteiger charge is -2.08. The van der Waals surface area contributed by atoms with Crippen molar-refractivity contribution >= 4 is 22.6 Å². The molecule has 1 aromatic heterocycles. The fourth-order valence-electron chi connectivity index (χ4n) is 2.49. The summed E-state index contributed by atoms with van der Waals surface area (Å²) >= 11 is 0. The van der Waals surface area contributed by atoms with E-state index < -0.39 is 29.0 Å². The summed E-state index contributed by atoms with van der Waals surface area (Å²) in [4.78, 5) is 35.8. The molecule has 27 heavy (non-hydrogen) atoms. The van der Waals surface area contributed by atoms with Gasteiger partial charge in [-0.25, -0.2) is 13.9 Å². The maximum Gasteiger partial charge on any atom is 0.290 e. The molecule has 0 spiro atoms. The van der Waals surface area contributed by atoms with Crippen LogP contribution in [-0.2, 0) is 11.2 Å². The highest BCUT2D eigenvalue weighted by Gasteiger charge is 2.14. The summed E-state index contributed by atoms with van der Waals surface area (Å²) in [6.07, 6.45) is 0.115. The highest BCUT2D eigenvalue weighted by atomic mass is 19.2. The van der Waals surface area contributed by atoms with Gasteiger partial charge in [-0.15, -0.1) is 0 Å². The van der Waals surface area contributed by atoms with Gasteiger partial charge in [-0.05, 0) is 30.2 Å². The smallest absolute Gasteiger partial charge is 0.273 e. The molecule has 0 radical (unpaired) electrons. The number of halogens is 2. The van der Waals surface area contributed by atoms with Crippen molar-refractivity contribution in [2.45, 2.75) is 12.8 Å². The van der Waals surface area contributed by atoms with Crippen LogP contribution < -0.4 is 16.4 Å². The first kappa shape index (κ1) is 18.2. The SMILES string of the molecule is O=C(CCc1ccc(F)c(F)c1)NNC(=O)c1n[nH]c(=O)c2ccccc12. The van der Waals surface area contributed by atoms with E-state index in [-0.39, 0.29) is 18.5 Å². The van der Waals surface area contributed by atoms with Gasteiger partial charge in [0.25, 0.3) is 11.5 Å². The highest BCUT2D eigenvalue weighted by molar-refractivity contribution is 6.05. The van der Waals surface area contributed by atoms with Gasteiger partial charge >= 0.3 is 0 Å². The monoisotopic (exact) mass is 372 g/mol. The zero-order valence-corrected chi connectivity index (χ0v) is 13.9. The van der Waals surface area contributed by atoms with Crippen LogP contribution in [0.5, 0.6) is 0 Å². The number of aromatic nitrogens is 2. The van der Waals surface area contributed by atoms with Crippen molar-refractivity contribution in [3.63, 3.8) is 0 Å². The minimum atomic E-state index is -0.989. The predicted octanol–water partition coefficient (Wildman–Crippen LogP) is 1.60. The molecule has 0 aliphatic carbocycles. The molecule has 1 heterocycles. The number of benzene rings is 2. The van der Waals surface area contributed by atoms with Gasteiger partial charge in [-0.2, -0.15) is 5.10 Å². The van der Waals surface area contributed by atoms with Crippen molar-refractivity contribution in [3.8, 4) is 0 Å². The Balaban J connectivity index is 1.60. The summed E-state index contributed by atoms with van der Waals surface area (Å²) in [5.74, 6) is -3.18. The number of H-pyrrole nitrogens is 1. The first-order valence-corrected chi connectivity index (χ1v) is 7.96. The van der Waals surface area contributed by atoms with Crippen LogP contribution in [0.15, 0.2) is 47.3 Å². The van der Waals surface area contributed by atoms with E-state index in [0.29, 0.717) is 16.3 Å². The van der Waals surface area contributed by atoms with E-state index in [9.17, 15) is 23.2 Å². The van der Waals surface area contributed by atoms with Crippen molar-refractivity contribution in [1.29, 1.82) is 0 Å². The summed E-state index contributed by atoms with van der Waals surface area (Å²) < 4.78 is 26.0. The molecule has 0 aliphatic heterocycles. The second-order valence-corrected chi connectivity index (χ2v) is 5.70. The van der Waals surface area contributed by atoms with E-state index >= 15 is 0 Å². The van der Waals surface area contributed by atoms with E-state index in [0.717, 1.165) is 12.1 Å². The number of hydrogen-bond donors (Lipinski definition) is 3. The number of nitrogens with one attached hydrogen (secondary N) is 3. The van der Waals surface area contributed by atoms with Crippen molar-refractivity contribution < 1.29 is 18.4 Å². The second-order valence-electron chi connectivity index (χ2n) is 5.70. The quantitative estimate of drug-likeness (QED) is 0.605. The van der Waals surface area contributed by atoms with Gasteiger partial charge in [0.05, 0.1) is 5.39 Å².